The Morgan fingerprint density at radius 3 is 2.57 bits per heavy atom. The van der Waals surface area contributed by atoms with Crippen LogP contribution in [0.3, 0.4) is 0 Å². The van der Waals surface area contributed by atoms with Crippen molar-refractivity contribution in [3.05, 3.63) is 0 Å². The van der Waals surface area contributed by atoms with Gasteiger partial charge in [0.1, 0.15) is 5.54 Å². The van der Waals surface area contributed by atoms with Gasteiger partial charge in [0.15, 0.2) is 0 Å². The number of nitrogens with two attached hydrogens (primary N) is 1. The Bertz CT molecular complexity index is 212. The third kappa shape index (κ3) is 3.27. The highest BCUT2D eigenvalue weighted by molar-refractivity contribution is 5.78. The summed E-state index contributed by atoms with van der Waals surface area (Å²) in [6, 6.07) is 0. The first-order valence-corrected chi connectivity index (χ1v) is 5.20. The van der Waals surface area contributed by atoms with Gasteiger partial charge in [-0.25, -0.2) is 0 Å². The fraction of sp³-hybridized carbons (Fsp3) is 0.900. The summed E-state index contributed by atoms with van der Waals surface area (Å²) in [4.78, 5) is 13.0. The highest BCUT2D eigenvalue weighted by atomic mass is 16.4. The van der Waals surface area contributed by atoms with E-state index in [2.05, 4.69) is 4.90 Å². The molecule has 4 heteroatoms. The monoisotopic (exact) mass is 200 g/mol. The van der Waals surface area contributed by atoms with Crippen molar-refractivity contribution in [3.63, 3.8) is 0 Å². The van der Waals surface area contributed by atoms with Gasteiger partial charge in [0.05, 0.1) is 0 Å². The van der Waals surface area contributed by atoms with Crippen molar-refractivity contribution in [2.45, 2.75) is 32.2 Å². The van der Waals surface area contributed by atoms with Crippen LogP contribution in [0.5, 0.6) is 0 Å². The molecule has 1 atom stereocenters. The summed E-state index contributed by atoms with van der Waals surface area (Å²) in [5.41, 5.74) is 4.57. The third-order valence-corrected chi connectivity index (χ3v) is 2.70. The Kier molecular flexibility index (Phi) is 3.50. The minimum Gasteiger partial charge on any atom is -0.480 e. The Balaban J connectivity index is 2.41. The van der Waals surface area contributed by atoms with Crippen LogP contribution in [0.1, 0.15) is 26.7 Å². The summed E-state index contributed by atoms with van der Waals surface area (Å²) in [7, 11) is 0. The summed E-state index contributed by atoms with van der Waals surface area (Å²) in [6.45, 7) is 5.92. The van der Waals surface area contributed by atoms with Gasteiger partial charge >= 0.3 is 5.97 Å². The number of carboxylic acids is 1. The van der Waals surface area contributed by atoms with E-state index in [0.29, 0.717) is 6.54 Å². The van der Waals surface area contributed by atoms with Crippen molar-refractivity contribution in [2.75, 3.05) is 19.6 Å². The number of hydrogen-bond acceptors (Lipinski definition) is 3. The molecule has 0 aromatic rings. The molecule has 0 radical (unpaired) electrons. The van der Waals surface area contributed by atoms with Crippen LogP contribution < -0.4 is 5.73 Å². The molecule has 1 aliphatic carbocycles. The molecule has 0 aliphatic heterocycles. The first kappa shape index (κ1) is 11.5. The van der Waals surface area contributed by atoms with Crippen molar-refractivity contribution in [1.29, 1.82) is 0 Å². The maximum absolute atomic E-state index is 10.8. The topological polar surface area (TPSA) is 66.6 Å². The Labute approximate surface area is 85.1 Å². The van der Waals surface area contributed by atoms with E-state index in [4.69, 9.17) is 10.8 Å². The van der Waals surface area contributed by atoms with E-state index in [9.17, 15) is 4.79 Å². The number of nitrogens with zero attached hydrogens (tertiary/aromatic N) is 1. The first-order chi connectivity index (χ1) is 6.45. The van der Waals surface area contributed by atoms with Gasteiger partial charge in [-0.05, 0) is 32.2 Å². The lowest BCUT2D eigenvalue weighted by molar-refractivity contribution is -0.143. The molecule has 4 nitrogen and oxygen atoms in total. The average molecular weight is 200 g/mol. The first-order valence-electron chi connectivity index (χ1n) is 5.20. The predicted octanol–water partition coefficient (Wildman–Crippen LogP) is 0.520. The van der Waals surface area contributed by atoms with E-state index in [1.165, 1.54) is 12.8 Å². The van der Waals surface area contributed by atoms with E-state index in [1.54, 1.807) is 6.92 Å². The third-order valence-electron chi connectivity index (χ3n) is 2.70. The van der Waals surface area contributed by atoms with E-state index < -0.39 is 11.5 Å². The highest BCUT2D eigenvalue weighted by Gasteiger charge is 2.32. The number of hydrogen-bond donors (Lipinski definition) is 2. The number of carbonyl (C=O) groups is 1. The molecule has 1 rings (SSSR count). The smallest absolute Gasteiger partial charge is 0.324 e. The zero-order chi connectivity index (χ0) is 10.8. The summed E-state index contributed by atoms with van der Waals surface area (Å²) in [5.74, 6) is -0.147. The maximum atomic E-state index is 10.8. The average Bonchev–Trinajstić information content (AvgIpc) is 2.86. The Morgan fingerprint density at radius 2 is 2.21 bits per heavy atom. The molecule has 0 aromatic carbocycles. The molecule has 1 fully saturated rings. The summed E-state index contributed by atoms with van der Waals surface area (Å²) < 4.78 is 0. The fourth-order valence-corrected chi connectivity index (χ4v) is 1.50. The van der Waals surface area contributed by atoms with E-state index >= 15 is 0 Å². The summed E-state index contributed by atoms with van der Waals surface area (Å²) in [5, 5.41) is 8.88. The number of carboxylic acid groups (broad SMARTS) is 1. The van der Waals surface area contributed by atoms with Crippen molar-refractivity contribution < 1.29 is 9.90 Å². The van der Waals surface area contributed by atoms with E-state index in [0.717, 1.165) is 19.0 Å². The minimum absolute atomic E-state index is 0.440. The fourth-order valence-electron chi connectivity index (χ4n) is 1.50. The molecule has 14 heavy (non-hydrogen) atoms. The largest absolute Gasteiger partial charge is 0.480 e. The lowest BCUT2D eigenvalue weighted by atomic mass is 10.0. The molecule has 82 valence electrons. The van der Waals surface area contributed by atoms with Gasteiger partial charge in [-0.3, -0.25) is 4.79 Å². The van der Waals surface area contributed by atoms with Gasteiger partial charge in [-0.2, -0.15) is 0 Å². The molecule has 1 unspecified atom stereocenters. The van der Waals surface area contributed by atoms with Gasteiger partial charge in [0, 0.05) is 13.1 Å². The van der Waals surface area contributed by atoms with Gasteiger partial charge < -0.3 is 15.7 Å². The maximum Gasteiger partial charge on any atom is 0.324 e. The molecule has 0 spiro atoms. The second-order valence-corrected chi connectivity index (χ2v) is 4.49. The van der Waals surface area contributed by atoms with Crippen LogP contribution in [0.25, 0.3) is 0 Å². The lowest BCUT2D eigenvalue weighted by Crippen LogP contribution is -2.54. The normalized spacial score (nSPS) is 20.9. The predicted molar refractivity (Wildman–Crippen MR) is 55.1 cm³/mol. The number of aliphatic carboxylic acids is 1. The summed E-state index contributed by atoms with van der Waals surface area (Å²) >= 11 is 0. The van der Waals surface area contributed by atoms with Crippen molar-refractivity contribution >= 4 is 5.97 Å². The van der Waals surface area contributed by atoms with E-state index in [1.807, 2.05) is 6.92 Å². The molecule has 3 N–H and O–H groups in total. The molecule has 0 heterocycles. The molecule has 0 amide bonds. The van der Waals surface area contributed by atoms with Crippen LogP contribution in [0, 0.1) is 5.92 Å². The van der Waals surface area contributed by atoms with Gasteiger partial charge in [0.2, 0.25) is 0 Å². The van der Waals surface area contributed by atoms with Gasteiger partial charge in [-0.15, -0.1) is 0 Å². The van der Waals surface area contributed by atoms with Crippen molar-refractivity contribution in [3.8, 4) is 0 Å². The van der Waals surface area contributed by atoms with Crippen LogP contribution in [0.15, 0.2) is 0 Å². The standard InChI is InChI=1S/C10H20N2O2/c1-3-12(6-8-4-5-8)7-10(2,11)9(13)14/h8H,3-7,11H2,1-2H3,(H,13,14). The molecule has 1 saturated carbocycles. The quantitative estimate of drug-likeness (QED) is 0.656. The highest BCUT2D eigenvalue weighted by Crippen LogP contribution is 2.29. The van der Waals surface area contributed by atoms with Crippen LogP contribution >= 0.6 is 0 Å². The molecule has 0 aromatic heterocycles. The zero-order valence-electron chi connectivity index (χ0n) is 8.99. The molecule has 0 saturated heterocycles. The van der Waals surface area contributed by atoms with Crippen molar-refractivity contribution in [1.82, 2.24) is 4.90 Å². The van der Waals surface area contributed by atoms with Crippen LogP contribution in [0.2, 0.25) is 0 Å². The second kappa shape index (κ2) is 4.28. The van der Waals surface area contributed by atoms with Gasteiger partial charge in [-0.1, -0.05) is 6.92 Å². The number of likely N-dealkylation sites (N-methyl/N-ethyl adjacent to an activating group) is 1. The zero-order valence-corrected chi connectivity index (χ0v) is 8.99. The minimum atomic E-state index is -1.12. The Morgan fingerprint density at radius 1 is 1.64 bits per heavy atom. The van der Waals surface area contributed by atoms with Gasteiger partial charge in [0.25, 0.3) is 0 Å². The van der Waals surface area contributed by atoms with Crippen LogP contribution in [-0.2, 0) is 4.79 Å². The SMILES string of the molecule is CCN(CC1CC1)CC(C)(N)C(=O)O. The molecular weight excluding hydrogens is 180 g/mol. The Hall–Kier alpha value is -0.610. The van der Waals surface area contributed by atoms with Crippen molar-refractivity contribution in [2.24, 2.45) is 11.7 Å². The molecule has 1 aliphatic rings. The lowest BCUT2D eigenvalue weighted by Gasteiger charge is -2.28. The van der Waals surface area contributed by atoms with Crippen LogP contribution in [-0.4, -0.2) is 41.1 Å². The van der Waals surface area contributed by atoms with E-state index in [-0.39, 0.29) is 0 Å². The van der Waals surface area contributed by atoms with Crippen LogP contribution in [0.4, 0.5) is 0 Å². The number of rotatable bonds is 6. The molecular formula is C10H20N2O2. The molecule has 0 bridgehead atoms. The second-order valence-electron chi connectivity index (χ2n) is 4.49. The summed E-state index contributed by atoms with van der Waals surface area (Å²) in [6.07, 6.45) is 2.57.